The van der Waals surface area contributed by atoms with E-state index < -0.39 is 6.29 Å². The van der Waals surface area contributed by atoms with E-state index >= 15 is 0 Å². The minimum Gasteiger partial charge on any atom is -0.364 e. The summed E-state index contributed by atoms with van der Waals surface area (Å²) < 4.78 is 0. The van der Waals surface area contributed by atoms with E-state index in [1.807, 2.05) is 12.1 Å². The number of benzene rings is 1. The third-order valence-electron chi connectivity index (χ3n) is 3.04. The molecule has 14 heavy (non-hydrogen) atoms. The summed E-state index contributed by atoms with van der Waals surface area (Å²) in [6, 6.07) is 7.66. The van der Waals surface area contributed by atoms with Gasteiger partial charge in [-0.25, -0.2) is 0 Å². The normalized spacial score (nSPS) is 17.9. The van der Waals surface area contributed by atoms with Gasteiger partial charge in [-0.3, -0.25) is 0 Å². The second kappa shape index (κ2) is 4.11. The Bertz CT molecular complexity index is 301. The molecule has 0 radical (unpaired) electrons. The molecule has 1 aliphatic rings. The van der Waals surface area contributed by atoms with Crippen LogP contribution in [0.2, 0.25) is 0 Å². The van der Waals surface area contributed by atoms with E-state index in [9.17, 15) is 0 Å². The molecule has 0 amide bonds. The molecule has 0 aliphatic heterocycles. The van der Waals surface area contributed by atoms with Crippen molar-refractivity contribution in [2.24, 2.45) is 0 Å². The smallest absolute Gasteiger partial charge is 0.178 e. The van der Waals surface area contributed by atoms with Crippen LogP contribution in [0, 0.1) is 0 Å². The summed E-state index contributed by atoms with van der Waals surface area (Å²) in [7, 11) is 0. The Balaban J connectivity index is 2.21. The largest absolute Gasteiger partial charge is 0.364 e. The van der Waals surface area contributed by atoms with Gasteiger partial charge in [-0.1, -0.05) is 37.1 Å². The summed E-state index contributed by atoms with van der Waals surface area (Å²) in [6.45, 7) is 0. The lowest BCUT2D eigenvalue weighted by molar-refractivity contribution is -0.0425. The molecule has 0 atom stereocenters. The number of hydrogen-bond acceptors (Lipinski definition) is 2. The van der Waals surface area contributed by atoms with Gasteiger partial charge >= 0.3 is 0 Å². The number of aliphatic hydroxyl groups excluding tert-OH is 1. The first-order chi connectivity index (χ1) is 6.77. The van der Waals surface area contributed by atoms with Crippen LogP contribution in [0.3, 0.4) is 0 Å². The third-order valence-corrected chi connectivity index (χ3v) is 3.04. The van der Waals surface area contributed by atoms with Crippen LogP contribution in [0.4, 0.5) is 0 Å². The molecule has 0 aromatic heterocycles. The first-order valence-electron chi connectivity index (χ1n) is 5.23. The summed E-state index contributed by atoms with van der Waals surface area (Å²) in [6.07, 6.45) is 3.75. The van der Waals surface area contributed by atoms with Crippen LogP contribution >= 0.6 is 0 Å². The number of aliphatic hydroxyl groups is 2. The maximum atomic E-state index is 9.05. The van der Waals surface area contributed by atoms with E-state index in [0.29, 0.717) is 11.5 Å². The summed E-state index contributed by atoms with van der Waals surface area (Å²) in [5.41, 5.74) is 1.86. The second-order valence-corrected chi connectivity index (χ2v) is 4.03. The van der Waals surface area contributed by atoms with Gasteiger partial charge in [0.2, 0.25) is 0 Å². The molecule has 0 spiro atoms. The fraction of sp³-hybridized carbons (Fsp3) is 0.500. The molecule has 1 saturated carbocycles. The highest BCUT2D eigenvalue weighted by Gasteiger charge is 2.17. The molecule has 2 nitrogen and oxygen atoms in total. The molecule has 2 N–H and O–H groups in total. The summed E-state index contributed by atoms with van der Waals surface area (Å²) in [5, 5.41) is 18.1. The van der Waals surface area contributed by atoms with Gasteiger partial charge in [0, 0.05) is 5.56 Å². The topological polar surface area (TPSA) is 40.5 Å². The summed E-state index contributed by atoms with van der Waals surface area (Å²) >= 11 is 0. The highest BCUT2D eigenvalue weighted by molar-refractivity contribution is 5.27. The van der Waals surface area contributed by atoms with Crippen molar-refractivity contribution in [3.63, 3.8) is 0 Å². The Hall–Kier alpha value is -0.860. The zero-order chi connectivity index (χ0) is 9.97. The van der Waals surface area contributed by atoms with Crippen molar-refractivity contribution in [1.82, 2.24) is 0 Å². The fourth-order valence-electron chi connectivity index (χ4n) is 2.23. The van der Waals surface area contributed by atoms with Crippen molar-refractivity contribution in [3.8, 4) is 0 Å². The van der Waals surface area contributed by atoms with Gasteiger partial charge in [0.05, 0.1) is 0 Å². The van der Waals surface area contributed by atoms with Crippen LogP contribution in [-0.2, 0) is 0 Å². The van der Waals surface area contributed by atoms with Crippen LogP contribution in [0.15, 0.2) is 24.3 Å². The lowest BCUT2D eigenvalue weighted by atomic mass is 9.96. The molecular weight excluding hydrogens is 176 g/mol. The molecule has 76 valence electrons. The van der Waals surface area contributed by atoms with Gasteiger partial charge in [-0.05, 0) is 24.3 Å². The van der Waals surface area contributed by atoms with Crippen molar-refractivity contribution in [2.75, 3.05) is 0 Å². The van der Waals surface area contributed by atoms with E-state index in [4.69, 9.17) is 10.2 Å². The van der Waals surface area contributed by atoms with E-state index in [0.717, 1.165) is 0 Å². The molecule has 1 aromatic carbocycles. The van der Waals surface area contributed by atoms with Gasteiger partial charge < -0.3 is 10.2 Å². The van der Waals surface area contributed by atoms with Gasteiger partial charge in [-0.15, -0.1) is 0 Å². The highest BCUT2D eigenvalue weighted by Crippen LogP contribution is 2.34. The van der Waals surface area contributed by atoms with E-state index in [1.165, 1.54) is 31.2 Å². The molecule has 0 unspecified atom stereocenters. The van der Waals surface area contributed by atoms with Crippen molar-refractivity contribution in [2.45, 2.75) is 37.9 Å². The molecule has 1 aromatic rings. The maximum Gasteiger partial charge on any atom is 0.178 e. The van der Waals surface area contributed by atoms with Crippen LogP contribution in [0.25, 0.3) is 0 Å². The third kappa shape index (κ3) is 1.97. The average molecular weight is 192 g/mol. The molecule has 0 saturated heterocycles. The SMILES string of the molecule is OC(O)c1cccc(C2CCCC2)c1. The van der Waals surface area contributed by atoms with Crippen LogP contribution in [0.5, 0.6) is 0 Å². The van der Waals surface area contributed by atoms with Gasteiger partial charge in [0.25, 0.3) is 0 Å². The summed E-state index contributed by atoms with van der Waals surface area (Å²) in [4.78, 5) is 0. The van der Waals surface area contributed by atoms with Gasteiger partial charge in [-0.2, -0.15) is 0 Å². The number of hydrogen-bond donors (Lipinski definition) is 2. The molecular formula is C12H16O2. The van der Waals surface area contributed by atoms with E-state index in [-0.39, 0.29) is 0 Å². The van der Waals surface area contributed by atoms with E-state index in [2.05, 4.69) is 6.07 Å². The zero-order valence-electron chi connectivity index (χ0n) is 8.19. The van der Waals surface area contributed by atoms with E-state index in [1.54, 1.807) is 6.07 Å². The fourth-order valence-corrected chi connectivity index (χ4v) is 2.23. The molecule has 2 heteroatoms. The molecule has 0 heterocycles. The minimum absolute atomic E-state index is 0.606. The van der Waals surface area contributed by atoms with Crippen molar-refractivity contribution in [3.05, 3.63) is 35.4 Å². The standard InChI is InChI=1S/C12H16O2/c13-12(14)11-7-3-6-10(8-11)9-4-1-2-5-9/h3,6-9,12-14H,1-2,4-5H2. The summed E-state index contributed by atoms with van der Waals surface area (Å²) in [5.74, 6) is 0.633. The van der Waals surface area contributed by atoms with Crippen molar-refractivity contribution < 1.29 is 10.2 Å². The second-order valence-electron chi connectivity index (χ2n) is 4.03. The Kier molecular flexibility index (Phi) is 2.85. The minimum atomic E-state index is -1.34. The Morgan fingerprint density at radius 2 is 1.86 bits per heavy atom. The van der Waals surface area contributed by atoms with Crippen molar-refractivity contribution in [1.29, 1.82) is 0 Å². The predicted molar refractivity (Wildman–Crippen MR) is 54.8 cm³/mol. The highest BCUT2D eigenvalue weighted by atomic mass is 16.5. The lowest BCUT2D eigenvalue weighted by Crippen LogP contribution is -1.98. The number of rotatable bonds is 2. The molecule has 0 bridgehead atoms. The monoisotopic (exact) mass is 192 g/mol. The van der Waals surface area contributed by atoms with Crippen LogP contribution < -0.4 is 0 Å². The quantitative estimate of drug-likeness (QED) is 0.706. The molecule has 1 fully saturated rings. The first kappa shape index (κ1) is 9.69. The predicted octanol–water partition coefficient (Wildman–Crippen LogP) is 2.33. The van der Waals surface area contributed by atoms with Crippen molar-refractivity contribution >= 4 is 0 Å². The molecule has 1 aliphatic carbocycles. The Morgan fingerprint density at radius 1 is 1.14 bits per heavy atom. The Labute approximate surface area is 84.2 Å². The maximum absolute atomic E-state index is 9.05. The molecule has 2 rings (SSSR count). The van der Waals surface area contributed by atoms with Crippen LogP contribution in [-0.4, -0.2) is 10.2 Å². The van der Waals surface area contributed by atoms with Gasteiger partial charge in [0.15, 0.2) is 6.29 Å². The zero-order valence-corrected chi connectivity index (χ0v) is 8.19. The average Bonchev–Trinajstić information content (AvgIpc) is 2.71. The first-order valence-corrected chi connectivity index (χ1v) is 5.23. The van der Waals surface area contributed by atoms with Crippen LogP contribution in [0.1, 0.15) is 49.0 Å². The van der Waals surface area contributed by atoms with Gasteiger partial charge in [0.1, 0.15) is 0 Å². The lowest BCUT2D eigenvalue weighted by Gasteiger charge is -2.11. The Morgan fingerprint density at radius 3 is 2.50 bits per heavy atom.